The normalized spacial score (nSPS) is 11.2. The third-order valence-electron chi connectivity index (χ3n) is 3.57. The Morgan fingerprint density at radius 1 is 1.26 bits per heavy atom. The standard InChI is InChI=1S/C19H23N5O7/c1-19(2,3)31-17(25)20-10-6-5-7-15-22-23-16(30-15)13-9-8-12(21-18(26)29-4)11-14(13)24(27)28/h6,8-11H,5,7H2,1-4H3,(H,20,25)(H,21,26). The van der Waals surface area contributed by atoms with Crippen LogP contribution in [0.15, 0.2) is 34.9 Å². The predicted octanol–water partition coefficient (Wildman–Crippen LogP) is 3.79. The summed E-state index contributed by atoms with van der Waals surface area (Å²) in [5.41, 5.74) is -0.606. The number of anilines is 1. The highest BCUT2D eigenvalue weighted by Crippen LogP contribution is 2.31. The molecule has 1 aromatic heterocycles. The van der Waals surface area contributed by atoms with Crippen LogP contribution < -0.4 is 10.6 Å². The molecule has 166 valence electrons. The van der Waals surface area contributed by atoms with Crippen LogP contribution in [0.2, 0.25) is 0 Å². The first-order chi connectivity index (χ1) is 14.6. The lowest BCUT2D eigenvalue weighted by atomic mass is 10.1. The average Bonchev–Trinajstić information content (AvgIpc) is 3.14. The Labute approximate surface area is 177 Å². The number of nitro benzene ring substituents is 1. The summed E-state index contributed by atoms with van der Waals surface area (Å²) in [6, 6.07) is 4.01. The van der Waals surface area contributed by atoms with Gasteiger partial charge in [0.25, 0.3) is 11.6 Å². The third-order valence-corrected chi connectivity index (χ3v) is 3.57. The van der Waals surface area contributed by atoms with Gasteiger partial charge < -0.3 is 13.9 Å². The van der Waals surface area contributed by atoms with Crippen LogP contribution in [0, 0.1) is 10.1 Å². The number of carbonyl (C=O) groups is 2. The molecule has 1 aromatic carbocycles. The summed E-state index contributed by atoms with van der Waals surface area (Å²) in [6.07, 6.45) is 2.64. The Balaban J connectivity index is 2.00. The number of nitrogens with one attached hydrogen (secondary N) is 2. The minimum Gasteiger partial charge on any atom is -0.453 e. The molecule has 12 nitrogen and oxygen atoms in total. The lowest BCUT2D eigenvalue weighted by molar-refractivity contribution is -0.384. The van der Waals surface area contributed by atoms with E-state index in [0.717, 1.165) is 0 Å². The molecular weight excluding hydrogens is 410 g/mol. The zero-order valence-electron chi connectivity index (χ0n) is 17.5. The fraction of sp³-hybridized carbons (Fsp3) is 0.368. The number of hydrogen-bond donors (Lipinski definition) is 2. The topological polar surface area (TPSA) is 159 Å². The first-order valence-electron chi connectivity index (χ1n) is 9.19. The number of carbonyl (C=O) groups excluding carboxylic acids is 2. The fourth-order valence-corrected chi connectivity index (χ4v) is 2.30. The maximum Gasteiger partial charge on any atom is 0.411 e. The molecule has 12 heteroatoms. The van der Waals surface area contributed by atoms with Gasteiger partial charge in [0.1, 0.15) is 11.2 Å². The molecule has 2 aromatic rings. The molecule has 0 spiro atoms. The number of hydrogen-bond acceptors (Lipinski definition) is 9. The van der Waals surface area contributed by atoms with Crippen LogP contribution in [0.25, 0.3) is 11.5 Å². The number of benzene rings is 1. The van der Waals surface area contributed by atoms with Gasteiger partial charge in [0, 0.05) is 18.7 Å². The van der Waals surface area contributed by atoms with Crippen molar-refractivity contribution in [3.8, 4) is 11.5 Å². The van der Waals surface area contributed by atoms with Crippen molar-refractivity contribution in [1.29, 1.82) is 0 Å². The Bertz CT molecular complexity index is 978. The molecule has 0 saturated heterocycles. The molecule has 0 atom stereocenters. The summed E-state index contributed by atoms with van der Waals surface area (Å²) in [5, 5.41) is 24.0. The van der Waals surface area contributed by atoms with E-state index in [1.165, 1.54) is 31.5 Å². The van der Waals surface area contributed by atoms with Crippen molar-refractivity contribution >= 4 is 23.6 Å². The smallest absolute Gasteiger partial charge is 0.411 e. The number of nitro groups is 1. The number of methoxy groups -OCH3 is 1. The molecule has 0 aliphatic rings. The van der Waals surface area contributed by atoms with Gasteiger partial charge in [0.15, 0.2) is 0 Å². The molecule has 0 aliphatic carbocycles. The van der Waals surface area contributed by atoms with Gasteiger partial charge in [-0.05, 0) is 39.3 Å². The van der Waals surface area contributed by atoms with E-state index in [2.05, 4.69) is 25.6 Å². The average molecular weight is 433 g/mol. The number of nitrogens with zero attached hydrogens (tertiary/aromatic N) is 3. The van der Waals surface area contributed by atoms with Crippen LogP contribution in [0.3, 0.4) is 0 Å². The number of allylic oxidation sites excluding steroid dienone is 1. The molecule has 0 radical (unpaired) electrons. The zero-order chi connectivity index (χ0) is 23.0. The van der Waals surface area contributed by atoms with Gasteiger partial charge in [0.2, 0.25) is 5.89 Å². The molecule has 31 heavy (non-hydrogen) atoms. The summed E-state index contributed by atoms with van der Waals surface area (Å²) in [6.45, 7) is 5.28. The van der Waals surface area contributed by atoms with Gasteiger partial charge in [0.05, 0.1) is 17.7 Å². The Morgan fingerprint density at radius 2 is 2.00 bits per heavy atom. The maximum atomic E-state index is 11.5. The molecular formula is C19H23N5O7. The van der Waals surface area contributed by atoms with Gasteiger partial charge in [-0.3, -0.25) is 20.7 Å². The van der Waals surface area contributed by atoms with E-state index in [1.54, 1.807) is 26.8 Å². The van der Waals surface area contributed by atoms with Crippen LogP contribution >= 0.6 is 0 Å². The van der Waals surface area contributed by atoms with E-state index >= 15 is 0 Å². The van der Waals surface area contributed by atoms with E-state index in [4.69, 9.17) is 9.15 Å². The molecule has 0 aliphatic heterocycles. The summed E-state index contributed by atoms with van der Waals surface area (Å²) < 4.78 is 15.1. The third kappa shape index (κ3) is 7.42. The van der Waals surface area contributed by atoms with Gasteiger partial charge in [-0.25, -0.2) is 9.59 Å². The summed E-state index contributed by atoms with van der Waals surface area (Å²) in [7, 11) is 1.18. The lowest BCUT2D eigenvalue weighted by Crippen LogP contribution is -2.29. The number of aromatic nitrogens is 2. The molecule has 2 rings (SSSR count). The highest BCUT2D eigenvalue weighted by atomic mass is 16.6. The van der Waals surface area contributed by atoms with Gasteiger partial charge in [-0.1, -0.05) is 6.08 Å². The van der Waals surface area contributed by atoms with Crippen LogP contribution in [0.5, 0.6) is 0 Å². The first kappa shape index (κ1) is 23.3. The SMILES string of the molecule is COC(=O)Nc1ccc(-c2nnc(CCC=CNC(=O)OC(C)(C)C)o2)c([N+](=O)[O-])c1. The quantitative estimate of drug-likeness (QED) is 0.489. The van der Waals surface area contributed by atoms with Crippen molar-refractivity contribution in [2.75, 3.05) is 12.4 Å². The molecule has 0 saturated carbocycles. The molecule has 0 unspecified atom stereocenters. The van der Waals surface area contributed by atoms with E-state index in [-0.39, 0.29) is 28.7 Å². The maximum absolute atomic E-state index is 11.5. The molecule has 0 fully saturated rings. The minimum absolute atomic E-state index is 0.0258. The Morgan fingerprint density at radius 3 is 2.65 bits per heavy atom. The molecule has 2 N–H and O–H groups in total. The second-order valence-electron chi connectivity index (χ2n) is 7.19. The van der Waals surface area contributed by atoms with Gasteiger partial charge >= 0.3 is 12.2 Å². The fourth-order valence-electron chi connectivity index (χ4n) is 2.30. The van der Waals surface area contributed by atoms with Crippen molar-refractivity contribution in [2.45, 2.75) is 39.2 Å². The lowest BCUT2D eigenvalue weighted by Gasteiger charge is -2.18. The molecule has 1 heterocycles. The van der Waals surface area contributed by atoms with Gasteiger partial charge in [-0.2, -0.15) is 0 Å². The number of aryl methyl sites for hydroxylation is 1. The first-order valence-corrected chi connectivity index (χ1v) is 9.19. The summed E-state index contributed by atoms with van der Waals surface area (Å²) in [5.74, 6) is 0.241. The van der Waals surface area contributed by atoms with Crippen LogP contribution in [-0.2, 0) is 15.9 Å². The Kier molecular flexibility index (Phi) is 7.66. The van der Waals surface area contributed by atoms with Crippen LogP contribution in [-0.4, -0.2) is 40.0 Å². The Hall–Kier alpha value is -3.96. The van der Waals surface area contributed by atoms with Crippen LogP contribution in [0.1, 0.15) is 33.1 Å². The van der Waals surface area contributed by atoms with Crippen molar-refractivity contribution in [2.24, 2.45) is 0 Å². The minimum atomic E-state index is -0.753. The van der Waals surface area contributed by atoms with Crippen molar-refractivity contribution in [3.63, 3.8) is 0 Å². The van der Waals surface area contributed by atoms with Crippen molar-refractivity contribution in [3.05, 3.63) is 46.5 Å². The molecule has 2 amide bonds. The highest BCUT2D eigenvalue weighted by Gasteiger charge is 2.21. The van der Waals surface area contributed by atoms with Crippen molar-refractivity contribution in [1.82, 2.24) is 15.5 Å². The van der Waals surface area contributed by atoms with E-state index in [9.17, 15) is 19.7 Å². The summed E-state index contributed by atoms with van der Waals surface area (Å²) >= 11 is 0. The number of alkyl carbamates (subject to hydrolysis) is 1. The van der Waals surface area contributed by atoms with E-state index < -0.39 is 22.7 Å². The highest BCUT2D eigenvalue weighted by molar-refractivity contribution is 5.86. The predicted molar refractivity (Wildman–Crippen MR) is 109 cm³/mol. The van der Waals surface area contributed by atoms with E-state index in [1.807, 2.05) is 0 Å². The zero-order valence-corrected chi connectivity index (χ0v) is 17.5. The number of amides is 2. The molecule has 0 bridgehead atoms. The second-order valence-corrected chi connectivity index (χ2v) is 7.19. The van der Waals surface area contributed by atoms with Crippen LogP contribution in [0.4, 0.5) is 21.0 Å². The monoisotopic (exact) mass is 433 g/mol. The van der Waals surface area contributed by atoms with E-state index in [0.29, 0.717) is 12.8 Å². The summed E-state index contributed by atoms with van der Waals surface area (Å²) in [4.78, 5) is 33.6. The number of ether oxygens (including phenoxy) is 2. The second kappa shape index (κ2) is 10.2. The van der Waals surface area contributed by atoms with Gasteiger partial charge in [-0.15, -0.1) is 10.2 Å². The van der Waals surface area contributed by atoms with Crippen molar-refractivity contribution < 1.29 is 28.4 Å². The largest absolute Gasteiger partial charge is 0.453 e. The number of rotatable bonds is 7.